The van der Waals surface area contributed by atoms with Crippen molar-refractivity contribution in [2.24, 2.45) is 0 Å². The van der Waals surface area contributed by atoms with Crippen LogP contribution in [-0.4, -0.2) is 32.5 Å². The Labute approximate surface area is 95.5 Å². The molecule has 98 valence electrons. The summed E-state index contributed by atoms with van der Waals surface area (Å²) in [7, 11) is 0. The molecule has 16 heavy (non-hydrogen) atoms. The predicted molar refractivity (Wildman–Crippen MR) is 58.5 cm³/mol. The number of halogens is 3. The maximum atomic E-state index is 11.8. The number of rotatable bonds is 10. The summed E-state index contributed by atoms with van der Waals surface area (Å²) in [5, 5.41) is 2.97. The van der Waals surface area contributed by atoms with E-state index >= 15 is 0 Å². The normalized spacial score (nSPS) is 12.0. The first-order valence-electron chi connectivity index (χ1n) is 5.91. The van der Waals surface area contributed by atoms with E-state index in [2.05, 4.69) is 12.2 Å². The van der Waals surface area contributed by atoms with Crippen molar-refractivity contribution in [3.05, 3.63) is 0 Å². The first kappa shape index (κ1) is 15.7. The summed E-state index contributed by atoms with van der Waals surface area (Å²) >= 11 is 0. The van der Waals surface area contributed by atoms with Crippen molar-refractivity contribution in [1.82, 2.24) is 5.32 Å². The molecule has 0 saturated heterocycles. The Balaban J connectivity index is 2.99. The quantitative estimate of drug-likeness (QED) is 0.593. The average Bonchev–Trinajstić information content (AvgIpc) is 2.19. The number of hydrogen-bond donors (Lipinski definition) is 1. The van der Waals surface area contributed by atoms with E-state index in [1.165, 1.54) is 0 Å². The Morgan fingerprint density at radius 1 is 1.00 bits per heavy atom. The van der Waals surface area contributed by atoms with E-state index in [1.54, 1.807) is 0 Å². The van der Waals surface area contributed by atoms with Crippen molar-refractivity contribution < 1.29 is 17.9 Å². The average molecular weight is 241 g/mol. The Hall–Kier alpha value is -0.290. The van der Waals surface area contributed by atoms with Crippen molar-refractivity contribution in [2.75, 3.05) is 26.3 Å². The summed E-state index contributed by atoms with van der Waals surface area (Å²) in [4.78, 5) is 0. The molecule has 0 aromatic rings. The van der Waals surface area contributed by atoms with Gasteiger partial charge in [0.25, 0.3) is 0 Å². The summed E-state index contributed by atoms with van der Waals surface area (Å²) in [6.07, 6.45) is -1.53. The van der Waals surface area contributed by atoms with Gasteiger partial charge < -0.3 is 10.1 Å². The molecule has 0 spiro atoms. The van der Waals surface area contributed by atoms with Gasteiger partial charge in [-0.05, 0) is 32.4 Å². The lowest BCUT2D eigenvalue weighted by molar-refractivity contribution is -0.135. The third kappa shape index (κ3) is 13.7. The van der Waals surface area contributed by atoms with Crippen molar-refractivity contribution >= 4 is 0 Å². The van der Waals surface area contributed by atoms with Crippen molar-refractivity contribution in [3.63, 3.8) is 0 Å². The monoisotopic (exact) mass is 241 g/mol. The molecule has 0 amide bonds. The van der Waals surface area contributed by atoms with Gasteiger partial charge in [0.1, 0.15) is 0 Å². The van der Waals surface area contributed by atoms with Gasteiger partial charge in [-0.1, -0.05) is 13.3 Å². The molecule has 0 aromatic heterocycles. The third-order valence-corrected chi connectivity index (χ3v) is 2.10. The summed E-state index contributed by atoms with van der Waals surface area (Å²) in [5.41, 5.74) is 0. The first-order valence-corrected chi connectivity index (χ1v) is 5.91. The number of hydrogen-bond acceptors (Lipinski definition) is 2. The summed E-state index contributed by atoms with van der Waals surface area (Å²) in [6, 6.07) is 0. The molecule has 0 saturated carbocycles. The molecule has 0 radical (unpaired) electrons. The van der Waals surface area contributed by atoms with Crippen molar-refractivity contribution in [2.45, 2.75) is 45.2 Å². The van der Waals surface area contributed by atoms with E-state index in [9.17, 15) is 13.2 Å². The lowest BCUT2D eigenvalue weighted by atomic mass is 10.3. The smallest absolute Gasteiger partial charge is 0.381 e. The Morgan fingerprint density at radius 2 is 1.62 bits per heavy atom. The molecular formula is C11H22F3NO. The fraction of sp³-hybridized carbons (Fsp3) is 1.00. The minimum Gasteiger partial charge on any atom is -0.381 e. The lowest BCUT2D eigenvalue weighted by Gasteiger charge is -2.07. The van der Waals surface area contributed by atoms with Gasteiger partial charge in [0.05, 0.1) is 0 Å². The fourth-order valence-electron chi connectivity index (χ4n) is 1.19. The van der Waals surface area contributed by atoms with Crippen LogP contribution in [0.5, 0.6) is 0 Å². The highest BCUT2D eigenvalue weighted by atomic mass is 19.4. The van der Waals surface area contributed by atoms with Crippen LogP contribution >= 0.6 is 0 Å². The first-order chi connectivity index (χ1) is 7.56. The molecule has 0 aliphatic heterocycles. The van der Waals surface area contributed by atoms with Gasteiger partial charge in [-0.2, -0.15) is 13.2 Å². The molecule has 0 aliphatic carbocycles. The van der Waals surface area contributed by atoms with E-state index in [4.69, 9.17) is 4.74 Å². The van der Waals surface area contributed by atoms with Gasteiger partial charge in [0.2, 0.25) is 0 Å². The van der Waals surface area contributed by atoms with Gasteiger partial charge in [-0.25, -0.2) is 0 Å². The Morgan fingerprint density at radius 3 is 2.25 bits per heavy atom. The van der Waals surface area contributed by atoms with Crippen LogP contribution < -0.4 is 5.32 Å². The van der Waals surface area contributed by atoms with Crippen LogP contribution in [0.25, 0.3) is 0 Å². The molecule has 0 aromatic carbocycles. The molecule has 2 nitrogen and oxygen atoms in total. The molecule has 0 atom stereocenters. The largest absolute Gasteiger partial charge is 0.389 e. The van der Waals surface area contributed by atoms with Gasteiger partial charge in [0.15, 0.2) is 0 Å². The van der Waals surface area contributed by atoms with Crippen LogP contribution in [0.4, 0.5) is 13.2 Å². The molecule has 0 unspecified atom stereocenters. The number of nitrogens with one attached hydrogen (secondary N) is 1. The molecule has 0 bridgehead atoms. The summed E-state index contributed by atoms with van der Waals surface area (Å²) in [5.74, 6) is 0. The highest BCUT2D eigenvalue weighted by Crippen LogP contribution is 2.20. The van der Waals surface area contributed by atoms with Crippen LogP contribution in [0.15, 0.2) is 0 Å². The minimum atomic E-state index is -4.02. The van der Waals surface area contributed by atoms with Crippen LogP contribution in [0.2, 0.25) is 0 Å². The van der Waals surface area contributed by atoms with Crippen LogP contribution in [-0.2, 0) is 4.74 Å². The van der Waals surface area contributed by atoms with Crippen molar-refractivity contribution in [1.29, 1.82) is 0 Å². The second kappa shape index (κ2) is 9.90. The molecule has 5 heteroatoms. The van der Waals surface area contributed by atoms with E-state index in [0.29, 0.717) is 13.2 Å². The van der Waals surface area contributed by atoms with E-state index in [-0.39, 0.29) is 6.42 Å². The lowest BCUT2D eigenvalue weighted by Crippen LogP contribution is -2.20. The zero-order valence-electron chi connectivity index (χ0n) is 9.91. The summed E-state index contributed by atoms with van der Waals surface area (Å²) in [6.45, 7) is 4.72. The maximum Gasteiger partial charge on any atom is 0.389 e. The second-order valence-corrected chi connectivity index (χ2v) is 3.79. The SMILES string of the molecule is CCCCOCCCNCCCC(F)(F)F. The highest BCUT2D eigenvalue weighted by Gasteiger charge is 2.25. The van der Waals surface area contributed by atoms with Crippen LogP contribution in [0, 0.1) is 0 Å². The van der Waals surface area contributed by atoms with E-state index < -0.39 is 12.6 Å². The van der Waals surface area contributed by atoms with Crippen LogP contribution in [0.1, 0.15) is 39.0 Å². The van der Waals surface area contributed by atoms with Gasteiger partial charge in [0, 0.05) is 19.6 Å². The van der Waals surface area contributed by atoms with Gasteiger partial charge >= 0.3 is 6.18 Å². The minimum absolute atomic E-state index is 0.153. The molecule has 0 heterocycles. The standard InChI is InChI=1S/C11H22F3NO/c1-2-3-9-16-10-5-8-15-7-4-6-11(12,13)14/h15H,2-10H2,1H3. The topological polar surface area (TPSA) is 21.3 Å². The summed E-state index contributed by atoms with van der Waals surface area (Å²) < 4.78 is 40.6. The number of ether oxygens (including phenoxy) is 1. The van der Waals surface area contributed by atoms with Crippen LogP contribution in [0.3, 0.4) is 0 Å². The third-order valence-electron chi connectivity index (χ3n) is 2.10. The Kier molecular flexibility index (Phi) is 9.72. The highest BCUT2D eigenvalue weighted by molar-refractivity contribution is 4.54. The zero-order valence-corrected chi connectivity index (χ0v) is 9.91. The molecule has 0 rings (SSSR count). The molecular weight excluding hydrogens is 219 g/mol. The Bertz CT molecular complexity index is 151. The predicted octanol–water partition coefficient (Wildman–Crippen LogP) is 3.13. The van der Waals surface area contributed by atoms with Gasteiger partial charge in [-0.15, -0.1) is 0 Å². The van der Waals surface area contributed by atoms with E-state index in [0.717, 1.165) is 32.4 Å². The van der Waals surface area contributed by atoms with Gasteiger partial charge in [-0.3, -0.25) is 0 Å². The second-order valence-electron chi connectivity index (χ2n) is 3.79. The number of alkyl halides is 3. The van der Waals surface area contributed by atoms with E-state index in [1.807, 2.05) is 0 Å². The molecule has 0 aliphatic rings. The fourth-order valence-corrected chi connectivity index (χ4v) is 1.19. The maximum absolute atomic E-state index is 11.8. The number of unbranched alkanes of at least 4 members (excludes halogenated alkanes) is 1. The molecule has 1 N–H and O–H groups in total. The molecule has 0 fully saturated rings. The van der Waals surface area contributed by atoms with Crippen molar-refractivity contribution in [3.8, 4) is 0 Å². The zero-order chi connectivity index (χ0) is 12.3.